The van der Waals surface area contributed by atoms with Gasteiger partial charge < -0.3 is 20.1 Å². The second-order valence-corrected chi connectivity index (χ2v) is 6.58. The van der Waals surface area contributed by atoms with Crippen LogP contribution in [0.5, 0.6) is 11.5 Å². The van der Waals surface area contributed by atoms with Crippen LogP contribution in [0.4, 0.5) is 17.6 Å². The Balaban J connectivity index is 1.77. The van der Waals surface area contributed by atoms with Gasteiger partial charge in [0, 0.05) is 24.7 Å². The topological polar surface area (TPSA) is 76.7 Å². The van der Waals surface area contributed by atoms with Gasteiger partial charge in [-0.25, -0.2) is 17.6 Å². The molecule has 2 N–H and O–H groups in total. The van der Waals surface area contributed by atoms with Crippen molar-refractivity contribution >= 4 is 11.8 Å². The van der Waals surface area contributed by atoms with Crippen LogP contribution in [0, 0.1) is 23.3 Å². The molecule has 2 aromatic carbocycles. The largest absolute Gasteiger partial charge is 0.481 e. The van der Waals surface area contributed by atoms with E-state index < -0.39 is 54.3 Å². The fourth-order valence-corrected chi connectivity index (χ4v) is 2.60. The Bertz CT molecular complexity index is 911. The number of benzene rings is 2. The number of hydrogen-bond acceptors (Lipinski definition) is 4. The van der Waals surface area contributed by atoms with Crippen LogP contribution in [0.2, 0.25) is 0 Å². The van der Waals surface area contributed by atoms with Crippen LogP contribution >= 0.6 is 0 Å². The highest BCUT2D eigenvalue weighted by Crippen LogP contribution is 2.18. The lowest BCUT2D eigenvalue weighted by molar-refractivity contribution is -0.125. The number of rotatable bonds is 11. The minimum Gasteiger partial charge on any atom is -0.481 e. The first kappa shape index (κ1) is 24.0. The highest BCUT2D eigenvalue weighted by molar-refractivity contribution is 5.79. The lowest BCUT2D eigenvalue weighted by atomic mass is 10.1. The molecule has 2 amide bonds. The Morgan fingerprint density at radius 1 is 0.871 bits per heavy atom. The van der Waals surface area contributed by atoms with Crippen LogP contribution in [-0.4, -0.2) is 37.6 Å². The van der Waals surface area contributed by atoms with E-state index in [2.05, 4.69) is 10.6 Å². The van der Waals surface area contributed by atoms with Crippen molar-refractivity contribution in [2.45, 2.75) is 25.8 Å². The molecule has 0 spiro atoms. The molecule has 10 heteroatoms. The Labute approximate surface area is 176 Å². The molecule has 0 heterocycles. The summed E-state index contributed by atoms with van der Waals surface area (Å²) in [6.45, 7) is 0.955. The predicted octanol–water partition coefficient (Wildman–Crippen LogP) is 3.10. The second kappa shape index (κ2) is 11.8. The van der Waals surface area contributed by atoms with E-state index in [0.29, 0.717) is 25.0 Å². The van der Waals surface area contributed by atoms with Gasteiger partial charge in [-0.1, -0.05) is 13.3 Å². The first-order chi connectivity index (χ1) is 14.8. The predicted molar refractivity (Wildman–Crippen MR) is 104 cm³/mol. The summed E-state index contributed by atoms with van der Waals surface area (Å²) < 4.78 is 62.8. The molecule has 0 radical (unpaired) electrons. The van der Waals surface area contributed by atoms with Gasteiger partial charge in [0.15, 0.2) is 36.3 Å². The average Bonchev–Trinajstić information content (AvgIpc) is 2.71. The molecular formula is C21H22F4N2O4. The van der Waals surface area contributed by atoms with Gasteiger partial charge >= 0.3 is 0 Å². The summed E-state index contributed by atoms with van der Waals surface area (Å²) in [6, 6.07) is 5.00. The summed E-state index contributed by atoms with van der Waals surface area (Å²) in [5, 5.41) is 5.19. The molecule has 2 rings (SSSR count). The number of halogens is 4. The number of amides is 2. The average molecular weight is 442 g/mol. The number of ether oxygens (including phenoxy) is 2. The molecule has 0 aliphatic heterocycles. The first-order valence-electron chi connectivity index (χ1n) is 9.50. The maximum Gasteiger partial charge on any atom is 0.258 e. The molecule has 168 valence electrons. The standard InChI is InChI=1S/C21H22F4N2O4/c1-2-3-15(27-21(29)12-31-19-7-5-14(23)9-17(19)25)10-26-20(28)11-30-18-6-4-13(22)8-16(18)24/h4-9,15H,2-3,10-12H2,1H3,(H,26,28)(H,27,29). The van der Waals surface area contributed by atoms with E-state index in [-0.39, 0.29) is 18.0 Å². The van der Waals surface area contributed by atoms with Crippen LogP contribution < -0.4 is 20.1 Å². The van der Waals surface area contributed by atoms with Gasteiger partial charge in [-0.05, 0) is 30.7 Å². The number of carbonyl (C=O) groups excluding carboxylic acids is 2. The Kier molecular flexibility index (Phi) is 9.11. The maximum absolute atomic E-state index is 13.5. The number of hydrogen-bond donors (Lipinski definition) is 2. The van der Waals surface area contributed by atoms with Crippen molar-refractivity contribution in [3.05, 3.63) is 59.7 Å². The van der Waals surface area contributed by atoms with Gasteiger partial charge in [-0.3, -0.25) is 9.59 Å². The van der Waals surface area contributed by atoms with Crippen molar-refractivity contribution in [2.24, 2.45) is 0 Å². The molecule has 31 heavy (non-hydrogen) atoms. The maximum atomic E-state index is 13.5. The lowest BCUT2D eigenvalue weighted by Crippen LogP contribution is -2.46. The molecule has 0 fully saturated rings. The monoisotopic (exact) mass is 442 g/mol. The Morgan fingerprint density at radius 3 is 1.87 bits per heavy atom. The van der Waals surface area contributed by atoms with Gasteiger partial charge in [0.2, 0.25) is 0 Å². The van der Waals surface area contributed by atoms with Crippen molar-refractivity contribution < 1.29 is 36.6 Å². The van der Waals surface area contributed by atoms with Crippen molar-refractivity contribution in [1.29, 1.82) is 0 Å². The molecular weight excluding hydrogens is 420 g/mol. The van der Waals surface area contributed by atoms with Gasteiger partial charge in [0.1, 0.15) is 11.6 Å². The van der Waals surface area contributed by atoms with E-state index in [9.17, 15) is 27.2 Å². The van der Waals surface area contributed by atoms with E-state index in [1.165, 1.54) is 0 Å². The zero-order valence-electron chi connectivity index (χ0n) is 16.7. The molecule has 0 aromatic heterocycles. The number of nitrogens with one attached hydrogen (secondary N) is 2. The SMILES string of the molecule is CCCC(CNC(=O)COc1ccc(F)cc1F)NC(=O)COc1ccc(F)cc1F. The lowest BCUT2D eigenvalue weighted by Gasteiger charge is -2.19. The third-order valence-corrected chi connectivity index (χ3v) is 4.05. The Hall–Kier alpha value is -3.30. The summed E-state index contributed by atoms with van der Waals surface area (Å²) in [4.78, 5) is 24.0. The van der Waals surface area contributed by atoms with Gasteiger partial charge in [0.05, 0.1) is 0 Å². The smallest absolute Gasteiger partial charge is 0.258 e. The quantitative estimate of drug-likeness (QED) is 0.525. The van der Waals surface area contributed by atoms with E-state index in [0.717, 1.165) is 24.3 Å². The van der Waals surface area contributed by atoms with E-state index in [1.807, 2.05) is 6.92 Å². The molecule has 0 saturated carbocycles. The van der Waals surface area contributed by atoms with Crippen molar-refractivity contribution in [2.75, 3.05) is 19.8 Å². The summed E-state index contributed by atoms with van der Waals surface area (Å²) in [5.41, 5.74) is 0. The van der Waals surface area contributed by atoms with E-state index in [1.54, 1.807) is 0 Å². The summed E-state index contributed by atoms with van der Waals surface area (Å²) in [7, 11) is 0. The van der Waals surface area contributed by atoms with Gasteiger partial charge in [0.25, 0.3) is 11.8 Å². The second-order valence-electron chi connectivity index (χ2n) is 6.58. The van der Waals surface area contributed by atoms with Crippen molar-refractivity contribution in [1.82, 2.24) is 10.6 Å². The molecule has 0 bridgehead atoms. The van der Waals surface area contributed by atoms with Crippen LogP contribution in [0.25, 0.3) is 0 Å². The third-order valence-electron chi connectivity index (χ3n) is 4.05. The molecule has 0 aliphatic rings. The molecule has 1 atom stereocenters. The zero-order valence-corrected chi connectivity index (χ0v) is 16.7. The number of carbonyl (C=O) groups is 2. The van der Waals surface area contributed by atoms with E-state index >= 15 is 0 Å². The highest BCUT2D eigenvalue weighted by atomic mass is 19.1. The first-order valence-corrected chi connectivity index (χ1v) is 9.50. The fourth-order valence-electron chi connectivity index (χ4n) is 2.60. The van der Waals surface area contributed by atoms with Gasteiger partial charge in [-0.2, -0.15) is 0 Å². The van der Waals surface area contributed by atoms with Crippen LogP contribution in [0.3, 0.4) is 0 Å². The van der Waals surface area contributed by atoms with E-state index in [4.69, 9.17) is 9.47 Å². The fraction of sp³-hybridized carbons (Fsp3) is 0.333. The van der Waals surface area contributed by atoms with Crippen molar-refractivity contribution in [3.63, 3.8) is 0 Å². The summed E-state index contributed by atoms with van der Waals surface area (Å²) >= 11 is 0. The minimum atomic E-state index is -0.929. The highest BCUT2D eigenvalue weighted by Gasteiger charge is 2.15. The zero-order chi connectivity index (χ0) is 22.8. The summed E-state index contributed by atoms with van der Waals surface area (Å²) in [5.74, 6) is -5.03. The normalized spacial score (nSPS) is 11.5. The van der Waals surface area contributed by atoms with Gasteiger partial charge in [-0.15, -0.1) is 0 Å². The molecule has 1 unspecified atom stereocenters. The van der Waals surface area contributed by atoms with Crippen LogP contribution in [0.15, 0.2) is 36.4 Å². The molecule has 6 nitrogen and oxygen atoms in total. The van der Waals surface area contributed by atoms with Crippen LogP contribution in [0.1, 0.15) is 19.8 Å². The Morgan fingerprint density at radius 2 is 1.39 bits per heavy atom. The third kappa shape index (κ3) is 8.15. The molecule has 0 aliphatic carbocycles. The minimum absolute atomic E-state index is 0.0680. The summed E-state index contributed by atoms with van der Waals surface area (Å²) in [6.07, 6.45) is 1.23. The molecule has 0 saturated heterocycles. The molecule has 2 aromatic rings. The van der Waals surface area contributed by atoms with Crippen molar-refractivity contribution in [3.8, 4) is 11.5 Å². The van der Waals surface area contributed by atoms with Crippen LogP contribution in [-0.2, 0) is 9.59 Å².